The summed E-state index contributed by atoms with van der Waals surface area (Å²) in [7, 11) is 0. The topological polar surface area (TPSA) is 305 Å². The first-order chi connectivity index (χ1) is 29.5. The summed E-state index contributed by atoms with van der Waals surface area (Å²) < 4.78 is 0. The van der Waals surface area contributed by atoms with E-state index in [9.17, 15) is 54.3 Å². The number of allylic oxidation sites excluding steroid dienone is 3. The molecule has 6 unspecified atom stereocenters. The SMILES string of the molecule is C=Cc1cc2[nH]c1/C=c1\[nH]/c(c(C(C)C(=O)NC(CC(=O)O)C(=O)O)c1C)=C\C1=NC(=C(C)C1(C)C(C)C(=O)NC(CC(=O)O)C(=O)O)/C=C1\NC(=C\2)/C(=C/C=N\OCC)C1(C)O. The minimum Gasteiger partial charge on any atom is -0.481 e. The molecule has 0 spiro atoms. The van der Waals surface area contributed by atoms with Gasteiger partial charge in [0.15, 0.2) is 0 Å². The minimum absolute atomic E-state index is 0.240. The summed E-state index contributed by atoms with van der Waals surface area (Å²) in [5.41, 5.74) is 1.96. The van der Waals surface area contributed by atoms with Gasteiger partial charge < -0.3 is 56.3 Å². The van der Waals surface area contributed by atoms with Crippen molar-refractivity contribution in [3.8, 4) is 0 Å². The maximum Gasteiger partial charge on any atom is 0.326 e. The quantitative estimate of drug-likeness (QED) is 0.0854. The van der Waals surface area contributed by atoms with E-state index in [4.69, 9.17) is 9.83 Å². The van der Waals surface area contributed by atoms with Crippen LogP contribution in [-0.4, -0.2) is 107 Å². The molecule has 63 heavy (non-hydrogen) atoms. The van der Waals surface area contributed by atoms with Crippen LogP contribution in [0.2, 0.25) is 0 Å². The van der Waals surface area contributed by atoms with E-state index in [1.165, 1.54) is 20.1 Å². The van der Waals surface area contributed by atoms with E-state index < -0.39 is 83.5 Å². The molecular weight excluding hydrogens is 819 g/mol. The lowest BCUT2D eigenvalue weighted by Gasteiger charge is -2.33. The van der Waals surface area contributed by atoms with Gasteiger partial charge in [-0.2, -0.15) is 0 Å². The van der Waals surface area contributed by atoms with Gasteiger partial charge in [0.2, 0.25) is 11.8 Å². The molecule has 19 heteroatoms. The zero-order valence-corrected chi connectivity index (χ0v) is 35.7. The van der Waals surface area contributed by atoms with Crippen LogP contribution < -0.4 is 26.6 Å². The molecule has 2 amide bonds. The third-order valence-corrected chi connectivity index (χ3v) is 11.8. The van der Waals surface area contributed by atoms with Crippen molar-refractivity contribution >= 4 is 71.9 Å². The molecule has 0 saturated carbocycles. The van der Waals surface area contributed by atoms with Crippen molar-refractivity contribution < 1.29 is 59.1 Å². The molecule has 2 aromatic rings. The second kappa shape index (κ2) is 18.4. The van der Waals surface area contributed by atoms with Crippen LogP contribution in [0.5, 0.6) is 0 Å². The largest absolute Gasteiger partial charge is 0.481 e. The highest BCUT2D eigenvalue weighted by Crippen LogP contribution is 2.46. The molecule has 0 radical (unpaired) electrons. The van der Waals surface area contributed by atoms with Crippen LogP contribution in [-0.2, 0) is 33.6 Å². The molecular formula is C44H51N7O12. The van der Waals surface area contributed by atoms with Crippen molar-refractivity contribution in [3.63, 3.8) is 0 Å². The van der Waals surface area contributed by atoms with Gasteiger partial charge >= 0.3 is 23.9 Å². The van der Waals surface area contributed by atoms with Crippen LogP contribution in [0.3, 0.4) is 0 Å². The fourth-order valence-electron chi connectivity index (χ4n) is 7.82. The van der Waals surface area contributed by atoms with Gasteiger partial charge in [-0.15, -0.1) is 0 Å². The third kappa shape index (κ3) is 9.47. The Kier molecular flexibility index (Phi) is 13.6. The predicted octanol–water partition coefficient (Wildman–Crippen LogP) is 2.01. The van der Waals surface area contributed by atoms with Crippen LogP contribution in [0.15, 0.2) is 63.2 Å². The molecule has 19 nitrogen and oxygen atoms in total. The van der Waals surface area contributed by atoms with Crippen molar-refractivity contribution in [2.45, 2.75) is 84.9 Å². The lowest BCUT2D eigenvalue weighted by atomic mass is 9.69. The van der Waals surface area contributed by atoms with Gasteiger partial charge in [-0.1, -0.05) is 24.7 Å². The Labute approximate surface area is 361 Å². The minimum atomic E-state index is -1.76. The number of H-pyrrole nitrogens is 2. The number of aliphatic carboxylic acids is 4. The molecule has 2 aromatic heterocycles. The number of aliphatic hydroxyl groups is 1. The average Bonchev–Trinajstić information content (AvgIpc) is 3.87. The number of aromatic nitrogens is 2. The first kappa shape index (κ1) is 46.8. The van der Waals surface area contributed by atoms with E-state index in [1.54, 1.807) is 71.1 Å². The molecule has 1 fully saturated rings. The summed E-state index contributed by atoms with van der Waals surface area (Å²) in [5.74, 6) is -9.78. The fourth-order valence-corrected chi connectivity index (χ4v) is 7.82. The molecule has 5 rings (SSSR count). The summed E-state index contributed by atoms with van der Waals surface area (Å²) in [4.78, 5) is 91.8. The highest BCUT2D eigenvalue weighted by Gasteiger charge is 2.47. The summed E-state index contributed by atoms with van der Waals surface area (Å²) >= 11 is 0. The molecule has 3 aliphatic rings. The van der Waals surface area contributed by atoms with Crippen molar-refractivity contribution in [2.75, 3.05) is 6.61 Å². The summed E-state index contributed by atoms with van der Waals surface area (Å²) in [6.45, 7) is 15.9. The number of carboxylic acid groups (broad SMARTS) is 4. The van der Waals surface area contributed by atoms with Crippen LogP contribution in [0.1, 0.15) is 88.4 Å². The Morgan fingerprint density at radius 1 is 0.905 bits per heavy atom. The molecule has 6 atom stereocenters. The number of fused-ring (bicyclic) bond motifs is 7. The molecule has 10 N–H and O–H groups in total. The van der Waals surface area contributed by atoms with E-state index in [0.717, 1.165) is 0 Å². The smallest absolute Gasteiger partial charge is 0.326 e. The number of nitrogens with zero attached hydrogens (tertiary/aromatic N) is 2. The first-order valence-electron chi connectivity index (χ1n) is 19.9. The van der Waals surface area contributed by atoms with E-state index in [1.807, 2.05) is 6.07 Å². The van der Waals surface area contributed by atoms with Gasteiger partial charge in [0.1, 0.15) is 24.3 Å². The van der Waals surface area contributed by atoms with Gasteiger partial charge in [-0.3, -0.25) is 24.2 Å². The maximum atomic E-state index is 14.0. The van der Waals surface area contributed by atoms with Crippen LogP contribution >= 0.6 is 0 Å². The zero-order valence-electron chi connectivity index (χ0n) is 35.7. The second-order valence-electron chi connectivity index (χ2n) is 15.8. The lowest BCUT2D eigenvalue weighted by Crippen LogP contribution is -2.49. The summed E-state index contributed by atoms with van der Waals surface area (Å²) in [6, 6.07) is -1.65. The van der Waals surface area contributed by atoms with E-state index >= 15 is 0 Å². The standard InChI is InChI=1S/C44H51N7O12/c1-9-24-13-25-14-30-26(11-12-45-63-10-2)44(8,62)35(49-30)16-28-22(5)43(7,23(6)40(57)51-33(42(60)61)19-37(54)55)34(48-28)17-31-38(20(3)27(47-31)15-29(24)46-25)21(4)39(56)50-32(41(58)59)18-36(52)53/h9,11-17,21,23,32-33,46-47,49,62H,1,10,18-19H2,2-8H3,(H,50,56)(H,51,57)(H,52,53)(H,54,55)(H,58,59)(H,60,61)/b26-11-,27-15-,30-14-,31-17-,35-16-,45-12-. The zero-order chi connectivity index (χ0) is 46.7. The highest BCUT2D eigenvalue weighted by atomic mass is 16.6. The van der Waals surface area contributed by atoms with Gasteiger partial charge in [-0.25, -0.2) is 9.59 Å². The molecule has 8 bridgehead atoms. The number of hydrogen-bond acceptors (Lipinski definition) is 11. The molecule has 5 heterocycles. The number of oxime groups is 1. The first-order valence-corrected chi connectivity index (χ1v) is 19.9. The molecule has 1 saturated heterocycles. The van der Waals surface area contributed by atoms with Gasteiger partial charge in [-0.05, 0) is 100 Å². The maximum absolute atomic E-state index is 14.0. The van der Waals surface area contributed by atoms with Crippen LogP contribution in [0.4, 0.5) is 0 Å². The van der Waals surface area contributed by atoms with Crippen molar-refractivity contribution in [1.29, 1.82) is 0 Å². The Morgan fingerprint density at radius 2 is 1.52 bits per heavy atom. The van der Waals surface area contributed by atoms with Crippen molar-refractivity contribution in [1.82, 2.24) is 25.9 Å². The number of carbonyl (C=O) groups excluding carboxylic acids is 2. The summed E-state index contributed by atoms with van der Waals surface area (Å²) in [5, 5.41) is 63.2. The van der Waals surface area contributed by atoms with Crippen LogP contribution in [0.25, 0.3) is 24.3 Å². The Balaban J connectivity index is 1.84. The highest BCUT2D eigenvalue weighted by molar-refractivity contribution is 6.18. The molecule has 334 valence electrons. The monoisotopic (exact) mass is 869 g/mol. The molecule has 3 aliphatic heterocycles. The third-order valence-electron chi connectivity index (χ3n) is 11.8. The number of rotatable bonds is 16. The number of aliphatic imine (C=N–C) groups is 1. The second-order valence-corrected chi connectivity index (χ2v) is 15.8. The van der Waals surface area contributed by atoms with Gasteiger partial charge in [0.25, 0.3) is 0 Å². The Bertz CT molecular complexity index is 2600. The number of nitrogens with one attached hydrogen (secondary N) is 5. The molecule has 0 aromatic carbocycles. The van der Waals surface area contributed by atoms with Crippen molar-refractivity contribution in [2.24, 2.45) is 21.5 Å². The lowest BCUT2D eigenvalue weighted by molar-refractivity contribution is -0.147. The Hall–Kier alpha value is -7.28. The molecule has 0 aliphatic carbocycles. The van der Waals surface area contributed by atoms with Crippen molar-refractivity contribution in [3.05, 3.63) is 91.8 Å². The van der Waals surface area contributed by atoms with E-state index in [-0.39, 0.29) is 11.4 Å². The van der Waals surface area contributed by atoms with E-state index in [2.05, 4.69) is 37.7 Å². The number of amides is 2. The predicted molar refractivity (Wildman–Crippen MR) is 231 cm³/mol. The number of carboxylic acids is 4. The van der Waals surface area contributed by atoms with Gasteiger partial charge in [0.05, 0.1) is 42.1 Å². The fraction of sp³-hybridized carbons (Fsp3) is 0.364. The Morgan fingerprint density at radius 3 is 2.10 bits per heavy atom. The van der Waals surface area contributed by atoms with E-state index in [0.29, 0.717) is 67.9 Å². The average molecular weight is 870 g/mol. The van der Waals surface area contributed by atoms with Crippen LogP contribution in [0, 0.1) is 18.3 Å². The number of aromatic amines is 2. The summed E-state index contributed by atoms with van der Waals surface area (Å²) in [6.07, 6.45) is 9.66. The number of hydrogen-bond donors (Lipinski definition) is 10. The normalized spacial score (nSPS) is 24.4. The van der Waals surface area contributed by atoms with Gasteiger partial charge in [0, 0.05) is 44.7 Å². The number of carbonyl (C=O) groups is 6.